The molecule has 0 bridgehead atoms. The second kappa shape index (κ2) is 7.97. The molecular formula is C16H15BrN2O8S2. The molecule has 0 aliphatic carbocycles. The van der Waals surface area contributed by atoms with E-state index in [0.717, 1.165) is 4.90 Å². The Balaban J connectivity index is 1.83. The van der Waals surface area contributed by atoms with Crippen LogP contribution in [0.4, 0.5) is 0 Å². The van der Waals surface area contributed by atoms with Crippen LogP contribution in [0.25, 0.3) is 0 Å². The average Bonchev–Trinajstić information content (AvgIpc) is 2.65. The summed E-state index contributed by atoms with van der Waals surface area (Å²) in [5, 5.41) is 8.97. The standard InChI is InChI=1S/C16H15BrN2O8S2/c1-27-8-4-2-7(3-5-8)12(29(24,25)26)13(20)18-10-14(21)19-11(16(22)23)9(17)6-28-15(10)19/h2-5,10,12,15H,6H2,1H3,(H,18,20)(H,22,23)(H,24,25,26). The number of nitrogens with one attached hydrogen (secondary N) is 1. The molecule has 2 heterocycles. The number of methoxy groups -OCH3 is 1. The number of hydrogen-bond donors (Lipinski definition) is 3. The first kappa shape index (κ1) is 21.6. The van der Waals surface area contributed by atoms with E-state index in [2.05, 4.69) is 21.2 Å². The number of β-lactam (4-membered cyclic amide) rings is 1. The fourth-order valence-corrected chi connectivity index (χ4v) is 5.83. The zero-order valence-corrected chi connectivity index (χ0v) is 18.0. The van der Waals surface area contributed by atoms with E-state index in [-0.39, 0.29) is 17.0 Å². The predicted octanol–water partition coefficient (Wildman–Crippen LogP) is 0.715. The van der Waals surface area contributed by atoms with Crippen molar-refractivity contribution in [3.8, 4) is 5.75 Å². The minimum absolute atomic E-state index is 0.0143. The van der Waals surface area contributed by atoms with Gasteiger partial charge in [-0.05, 0) is 17.7 Å². The molecule has 3 atom stereocenters. The van der Waals surface area contributed by atoms with Crippen LogP contribution in [0.2, 0.25) is 0 Å². The Hall–Kier alpha value is -2.09. The lowest BCUT2D eigenvalue weighted by Gasteiger charge is -2.49. The van der Waals surface area contributed by atoms with E-state index in [1.165, 1.54) is 43.1 Å². The fourth-order valence-electron chi connectivity index (χ4n) is 3.05. The molecule has 1 fully saturated rings. The number of hydrogen-bond acceptors (Lipinski definition) is 7. The lowest BCUT2D eigenvalue weighted by Crippen LogP contribution is -2.70. The predicted molar refractivity (Wildman–Crippen MR) is 106 cm³/mol. The van der Waals surface area contributed by atoms with Gasteiger partial charge in [-0.15, -0.1) is 11.8 Å². The van der Waals surface area contributed by atoms with Gasteiger partial charge in [0.1, 0.15) is 22.9 Å². The Morgan fingerprint density at radius 3 is 2.48 bits per heavy atom. The van der Waals surface area contributed by atoms with Crippen molar-refractivity contribution < 1.29 is 37.2 Å². The lowest BCUT2D eigenvalue weighted by molar-refractivity contribution is -0.150. The normalized spacial score (nSPS) is 22.4. The van der Waals surface area contributed by atoms with Gasteiger partial charge in [-0.3, -0.25) is 19.0 Å². The van der Waals surface area contributed by atoms with Crippen molar-refractivity contribution in [2.24, 2.45) is 0 Å². The van der Waals surface area contributed by atoms with Gasteiger partial charge in [-0.1, -0.05) is 28.1 Å². The van der Waals surface area contributed by atoms with Crippen LogP contribution < -0.4 is 10.1 Å². The fraction of sp³-hybridized carbons (Fsp3) is 0.312. The zero-order chi connectivity index (χ0) is 21.5. The smallest absolute Gasteiger partial charge is 0.353 e. The van der Waals surface area contributed by atoms with Crippen LogP contribution in [0.3, 0.4) is 0 Å². The Labute approximate surface area is 178 Å². The maximum Gasteiger partial charge on any atom is 0.353 e. The summed E-state index contributed by atoms with van der Waals surface area (Å²) in [7, 11) is -3.43. The van der Waals surface area contributed by atoms with Gasteiger partial charge in [0, 0.05) is 10.2 Å². The van der Waals surface area contributed by atoms with E-state index in [0.29, 0.717) is 10.2 Å². The third kappa shape index (κ3) is 3.99. The first-order chi connectivity index (χ1) is 13.6. The first-order valence-electron chi connectivity index (χ1n) is 8.03. The van der Waals surface area contributed by atoms with Crippen LogP contribution in [0.5, 0.6) is 5.75 Å². The van der Waals surface area contributed by atoms with Crippen LogP contribution in [0.1, 0.15) is 10.8 Å². The van der Waals surface area contributed by atoms with Gasteiger partial charge in [0.2, 0.25) is 5.91 Å². The number of fused-ring (bicyclic) bond motifs is 1. The molecule has 3 N–H and O–H groups in total. The molecule has 0 aromatic heterocycles. The van der Waals surface area contributed by atoms with Crippen LogP contribution in [0, 0.1) is 0 Å². The topological polar surface area (TPSA) is 150 Å². The summed E-state index contributed by atoms with van der Waals surface area (Å²) in [5.74, 6) is -2.39. The summed E-state index contributed by atoms with van der Waals surface area (Å²) in [6, 6.07) is 4.35. The lowest BCUT2D eigenvalue weighted by atomic mass is 10.0. The summed E-state index contributed by atoms with van der Waals surface area (Å²) in [6.07, 6.45) is 0. The van der Waals surface area contributed by atoms with E-state index in [1.807, 2.05) is 0 Å². The van der Waals surface area contributed by atoms with E-state index >= 15 is 0 Å². The highest BCUT2D eigenvalue weighted by Crippen LogP contribution is 2.42. The van der Waals surface area contributed by atoms with Gasteiger partial charge in [0.25, 0.3) is 16.0 Å². The number of thioether (sulfide) groups is 1. The van der Waals surface area contributed by atoms with E-state index in [1.54, 1.807) is 0 Å². The highest BCUT2D eigenvalue weighted by atomic mass is 79.9. The van der Waals surface area contributed by atoms with Crippen molar-refractivity contribution in [2.75, 3.05) is 12.9 Å². The number of rotatable bonds is 6. The number of carbonyl (C=O) groups excluding carboxylic acids is 2. The molecule has 3 unspecified atom stereocenters. The summed E-state index contributed by atoms with van der Waals surface area (Å²) >= 11 is 4.33. The molecule has 156 valence electrons. The minimum Gasteiger partial charge on any atom is -0.497 e. The minimum atomic E-state index is -4.84. The number of halogens is 1. The second-order valence-electron chi connectivity index (χ2n) is 6.12. The molecule has 10 nitrogen and oxygen atoms in total. The van der Waals surface area contributed by atoms with Gasteiger partial charge in [-0.2, -0.15) is 8.42 Å². The maximum atomic E-state index is 12.6. The first-order valence-corrected chi connectivity index (χ1v) is 11.4. The molecule has 2 aliphatic rings. The number of amides is 2. The van der Waals surface area contributed by atoms with Crippen molar-refractivity contribution in [3.05, 3.63) is 40.0 Å². The molecule has 29 heavy (non-hydrogen) atoms. The quantitative estimate of drug-likeness (QED) is 0.374. The highest BCUT2D eigenvalue weighted by Gasteiger charge is 2.54. The van der Waals surface area contributed by atoms with Gasteiger partial charge < -0.3 is 15.2 Å². The zero-order valence-electron chi connectivity index (χ0n) is 14.7. The molecule has 0 radical (unpaired) electrons. The Morgan fingerprint density at radius 2 is 1.97 bits per heavy atom. The molecule has 0 saturated carbocycles. The third-order valence-corrected chi connectivity index (χ3v) is 7.77. The molecular weight excluding hydrogens is 492 g/mol. The van der Waals surface area contributed by atoms with Crippen molar-refractivity contribution >= 4 is 55.6 Å². The second-order valence-corrected chi connectivity index (χ2v) is 9.69. The molecule has 1 saturated heterocycles. The van der Waals surface area contributed by atoms with E-state index in [4.69, 9.17) is 4.74 Å². The molecule has 1 aromatic carbocycles. The van der Waals surface area contributed by atoms with Crippen molar-refractivity contribution in [1.29, 1.82) is 0 Å². The van der Waals surface area contributed by atoms with Gasteiger partial charge in [0.05, 0.1) is 7.11 Å². The largest absolute Gasteiger partial charge is 0.497 e. The number of benzene rings is 1. The molecule has 2 aliphatic heterocycles. The SMILES string of the molecule is COc1ccc(C(C(=O)NC2C(=O)N3C(C(=O)O)=C(Br)CSC23)S(=O)(=O)O)cc1. The summed E-state index contributed by atoms with van der Waals surface area (Å²) in [4.78, 5) is 37.5. The average molecular weight is 507 g/mol. The van der Waals surface area contributed by atoms with Crippen molar-refractivity contribution in [2.45, 2.75) is 16.7 Å². The molecule has 13 heteroatoms. The molecule has 2 amide bonds. The monoisotopic (exact) mass is 506 g/mol. The van der Waals surface area contributed by atoms with Crippen LogP contribution >= 0.6 is 27.7 Å². The molecule has 3 rings (SSSR count). The number of ether oxygens (including phenoxy) is 1. The van der Waals surface area contributed by atoms with Crippen molar-refractivity contribution in [3.63, 3.8) is 0 Å². The number of carbonyl (C=O) groups is 3. The van der Waals surface area contributed by atoms with Gasteiger partial charge >= 0.3 is 5.97 Å². The van der Waals surface area contributed by atoms with Crippen molar-refractivity contribution in [1.82, 2.24) is 10.2 Å². The van der Waals surface area contributed by atoms with Gasteiger partial charge in [0.15, 0.2) is 5.25 Å². The molecule has 0 spiro atoms. The number of carboxylic acid groups (broad SMARTS) is 1. The number of carboxylic acids is 1. The van der Waals surface area contributed by atoms with E-state index < -0.39 is 44.6 Å². The number of nitrogens with zero attached hydrogens (tertiary/aromatic N) is 1. The summed E-state index contributed by atoms with van der Waals surface area (Å²) in [5.41, 5.74) is -0.231. The Morgan fingerprint density at radius 1 is 1.34 bits per heavy atom. The van der Waals surface area contributed by atoms with Crippen LogP contribution in [0.15, 0.2) is 34.4 Å². The number of aliphatic carboxylic acids is 1. The summed E-state index contributed by atoms with van der Waals surface area (Å²) < 4.78 is 38.5. The Kier molecular flexibility index (Phi) is 5.94. The third-order valence-electron chi connectivity index (χ3n) is 4.38. The van der Waals surface area contributed by atoms with E-state index in [9.17, 15) is 32.5 Å². The Bertz CT molecular complexity index is 1010. The van der Waals surface area contributed by atoms with Crippen LogP contribution in [-0.2, 0) is 24.5 Å². The van der Waals surface area contributed by atoms with Crippen LogP contribution in [-0.4, -0.2) is 65.0 Å². The highest BCUT2D eigenvalue weighted by molar-refractivity contribution is 9.11. The summed E-state index contributed by atoms with van der Waals surface area (Å²) in [6.45, 7) is 0. The van der Waals surface area contributed by atoms with Gasteiger partial charge in [-0.25, -0.2) is 4.79 Å². The molecule has 1 aromatic rings. The maximum absolute atomic E-state index is 12.6.